The summed E-state index contributed by atoms with van der Waals surface area (Å²) < 4.78 is 10.2. The Morgan fingerprint density at radius 1 is 1.35 bits per heavy atom. The van der Waals surface area contributed by atoms with Gasteiger partial charge >= 0.3 is 0 Å². The standard InChI is InChI=1S/C13H13NO3/c1-9-5-6-10(12(8-9)16-2)14-13(15)11-4-3-7-17-11/h3-8H,1-2H3,(H,14,15). The van der Waals surface area contributed by atoms with Crippen LogP contribution in [0.1, 0.15) is 16.1 Å². The number of hydrogen-bond donors (Lipinski definition) is 1. The molecule has 0 bridgehead atoms. The molecule has 0 saturated carbocycles. The molecule has 0 unspecified atom stereocenters. The van der Waals surface area contributed by atoms with E-state index in [1.54, 1.807) is 25.3 Å². The van der Waals surface area contributed by atoms with Gasteiger partial charge in [-0.15, -0.1) is 0 Å². The van der Waals surface area contributed by atoms with Crippen LogP contribution in [0.15, 0.2) is 41.0 Å². The molecule has 0 aliphatic carbocycles. The summed E-state index contributed by atoms with van der Waals surface area (Å²) in [7, 11) is 1.57. The first-order chi connectivity index (χ1) is 8.20. The maximum absolute atomic E-state index is 11.8. The van der Waals surface area contributed by atoms with Crippen molar-refractivity contribution >= 4 is 11.6 Å². The Labute approximate surface area is 99.2 Å². The third-order valence-corrected chi connectivity index (χ3v) is 2.35. The predicted octanol–water partition coefficient (Wildman–Crippen LogP) is 2.85. The number of carbonyl (C=O) groups excluding carboxylic acids is 1. The summed E-state index contributed by atoms with van der Waals surface area (Å²) in [6.45, 7) is 1.96. The number of anilines is 1. The third-order valence-electron chi connectivity index (χ3n) is 2.35. The molecular formula is C13H13NO3. The van der Waals surface area contributed by atoms with Crippen LogP contribution in [0, 0.1) is 6.92 Å². The summed E-state index contributed by atoms with van der Waals surface area (Å²) in [4.78, 5) is 11.8. The molecule has 2 aromatic rings. The lowest BCUT2D eigenvalue weighted by Gasteiger charge is -2.09. The monoisotopic (exact) mass is 231 g/mol. The van der Waals surface area contributed by atoms with Crippen LogP contribution >= 0.6 is 0 Å². The Morgan fingerprint density at radius 3 is 2.82 bits per heavy atom. The first kappa shape index (κ1) is 11.3. The predicted molar refractivity (Wildman–Crippen MR) is 64.4 cm³/mol. The summed E-state index contributed by atoms with van der Waals surface area (Å²) in [5.74, 6) is 0.606. The maximum Gasteiger partial charge on any atom is 0.291 e. The number of ether oxygens (including phenoxy) is 1. The van der Waals surface area contributed by atoms with E-state index in [1.807, 2.05) is 19.1 Å². The lowest BCUT2D eigenvalue weighted by molar-refractivity contribution is 0.0996. The molecule has 1 N–H and O–H groups in total. The number of hydrogen-bond acceptors (Lipinski definition) is 3. The summed E-state index contributed by atoms with van der Waals surface area (Å²) in [5.41, 5.74) is 1.69. The highest BCUT2D eigenvalue weighted by atomic mass is 16.5. The SMILES string of the molecule is COc1cc(C)ccc1NC(=O)c1ccco1. The lowest BCUT2D eigenvalue weighted by atomic mass is 10.2. The minimum atomic E-state index is -0.294. The van der Waals surface area contributed by atoms with Gasteiger partial charge in [0, 0.05) is 0 Å². The van der Waals surface area contributed by atoms with E-state index in [4.69, 9.17) is 9.15 Å². The summed E-state index contributed by atoms with van der Waals surface area (Å²) in [6.07, 6.45) is 1.46. The highest BCUT2D eigenvalue weighted by Gasteiger charge is 2.11. The Bertz CT molecular complexity index is 517. The van der Waals surface area contributed by atoms with E-state index in [0.717, 1.165) is 5.56 Å². The minimum absolute atomic E-state index is 0.271. The zero-order valence-electron chi connectivity index (χ0n) is 9.69. The van der Waals surface area contributed by atoms with Crippen LogP contribution in [0.3, 0.4) is 0 Å². The molecule has 4 heteroatoms. The largest absolute Gasteiger partial charge is 0.495 e. The van der Waals surface area contributed by atoms with Crippen molar-refractivity contribution in [1.29, 1.82) is 0 Å². The molecule has 0 atom stereocenters. The molecule has 4 nitrogen and oxygen atoms in total. The molecular weight excluding hydrogens is 218 g/mol. The zero-order chi connectivity index (χ0) is 12.3. The molecule has 1 amide bonds. The average Bonchev–Trinajstić information content (AvgIpc) is 2.85. The van der Waals surface area contributed by atoms with Crippen LogP contribution in [-0.2, 0) is 0 Å². The summed E-state index contributed by atoms with van der Waals surface area (Å²) in [6, 6.07) is 8.84. The van der Waals surface area contributed by atoms with Gasteiger partial charge in [0.05, 0.1) is 19.1 Å². The van der Waals surface area contributed by atoms with Crippen molar-refractivity contribution in [2.45, 2.75) is 6.92 Å². The molecule has 17 heavy (non-hydrogen) atoms. The van der Waals surface area contributed by atoms with Gasteiger partial charge in [0.1, 0.15) is 5.75 Å². The van der Waals surface area contributed by atoms with Gasteiger partial charge in [-0.2, -0.15) is 0 Å². The zero-order valence-corrected chi connectivity index (χ0v) is 9.69. The molecule has 0 spiro atoms. The molecule has 0 aliphatic rings. The van der Waals surface area contributed by atoms with Crippen LogP contribution in [0.2, 0.25) is 0 Å². The van der Waals surface area contributed by atoms with Crippen LogP contribution in [0.5, 0.6) is 5.75 Å². The van der Waals surface area contributed by atoms with Crippen molar-refractivity contribution in [3.63, 3.8) is 0 Å². The number of rotatable bonds is 3. The van der Waals surface area contributed by atoms with Gasteiger partial charge in [-0.1, -0.05) is 6.07 Å². The number of carbonyl (C=O) groups is 1. The molecule has 88 valence electrons. The Morgan fingerprint density at radius 2 is 2.18 bits per heavy atom. The van der Waals surface area contributed by atoms with Crippen molar-refractivity contribution in [1.82, 2.24) is 0 Å². The van der Waals surface area contributed by atoms with Crippen LogP contribution in [-0.4, -0.2) is 13.0 Å². The van der Waals surface area contributed by atoms with Gasteiger partial charge in [0.15, 0.2) is 5.76 Å². The average molecular weight is 231 g/mol. The van der Waals surface area contributed by atoms with E-state index < -0.39 is 0 Å². The van der Waals surface area contributed by atoms with E-state index in [2.05, 4.69) is 5.32 Å². The number of amides is 1. The second-order valence-corrected chi connectivity index (χ2v) is 3.64. The van der Waals surface area contributed by atoms with E-state index in [9.17, 15) is 4.79 Å². The normalized spacial score (nSPS) is 10.0. The fraction of sp³-hybridized carbons (Fsp3) is 0.154. The van der Waals surface area contributed by atoms with Crippen molar-refractivity contribution in [3.05, 3.63) is 47.9 Å². The van der Waals surface area contributed by atoms with Crippen LogP contribution in [0.4, 0.5) is 5.69 Å². The smallest absolute Gasteiger partial charge is 0.291 e. The molecule has 0 radical (unpaired) electrons. The lowest BCUT2D eigenvalue weighted by Crippen LogP contribution is -2.11. The first-order valence-electron chi connectivity index (χ1n) is 5.20. The van der Waals surface area contributed by atoms with Gasteiger partial charge in [-0.3, -0.25) is 4.79 Å². The molecule has 1 aromatic heterocycles. The number of benzene rings is 1. The van der Waals surface area contributed by atoms with Crippen molar-refractivity contribution in [2.24, 2.45) is 0 Å². The third kappa shape index (κ3) is 2.47. The Balaban J connectivity index is 2.21. The van der Waals surface area contributed by atoms with Crippen molar-refractivity contribution in [2.75, 3.05) is 12.4 Å². The van der Waals surface area contributed by atoms with E-state index in [1.165, 1.54) is 6.26 Å². The molecule has 1 aromatic carbocycles. The maximum atomic E-state index is 11.8. The number of methoxy groups -OCH3 is 1. The van der Waals surface area contributed by atoms with Crippen LogP contribution in [0.25, 0.3) is 0 Å². The second kappa shape index (κ2) is 4.74. The fourth-order valence-corrected chi connectivity index (χ4v) is 1.49. The van der Waals surface area contributed by atoms with Gasteiger partial charge in [0.2, 0.25) is 0 Å². The molecule has 1 heterocycles. The van der Waals surface area contributed by atoms with Gasteiger partial charge in [-0.25, -0.2) is 0 Å². The fourth-order valence-electron chi connectivity index (χ4n) is 1.49. The highest BCUT2D eigenvalue weighted by molar-refractivity contribution is 6.03. The molecule has 0 fully saturated rings. The Hall–Kier alpha value is -2.23. The van der Waals surface area contributed by atoms with Gasteiger partial charge in [-0.05, 0) is 36.8 Å². The quantitative estimate of drug-likeness (QED) is 0.883. The van der Waals surface area contributed by atoms with E-state index in [0.29, 0.717) is 11.4 Å². The molecule has 0 aliphatic heterocycles. The summed E-state index contributed by atoms with van der Waals surface area (Å²) >= 11 is 0. The number of aryl methyl sites for hydroxylation is 1. The molecule has 0 saturated heterocycles. The van der Waals surface area contributed by atoms with Crippen molar-refractivity contribution in [3.8, 4) is 5.75 Å². The van der Waals surface area contributed by atoms with E-state index >= 15 is 0 Å². The van der Waals surface area contributed by atoms with E-state index in [-0.39, 0.29) is 11.7 Å². The van der Waals surface area contributed by atoms with Crippen molar-refractivity contribution < 1.29 is 13.9 Å². The molecule has 2 rings (SSSR count). The van der Waals surface area contributed by atoms with Gasteiger partial charge in [0.25, 0.3) is 5.91 Å². The van der Waals surface area contributed by atoms with Crippen LogP contribution < -0.4 is 10.1 Å². The summed E-state index contributed by atoms with van der Waals surface area (Å²) in [5, 5.41) is 2.73. The van der Waals surface area contributed by atoms with Gasteiger partial charge < -0.3 is 14.5 Å². The number of nitrogens with one attached hydrogen (secondary N) is 1. The highest BCUT2D eigenvalue weighted by Crippen LogP contribution is 2.25. The first-order valence-corrected chi connectivity index (χ1v) is 5.20. The second-order valence-electron chi connectivity index (χ2n) is 3.64. The Kier molecular flexibility index (Phi) is 3.14. The topological polar surface area (TPSA) is 51.5 Å². The number of furan rings is 1. The minimum Gasteiger partial charge on any atom is -0.495 e.